The summed E-state index contributed by atoms with van der Waals surface area (Å²) in [5.41, 5.74) is 0.597. The molecule has 0 spiro atoms. The predicted octanol–water partition coefficient (Wildman–Crippen LogP) is 5.90. The Bertz CT molecular complexity index is 792. The number of hydrogen-bond acceptors (Lipinski definition) is 4. The van der Waals surface area contributed by atoms with Gasteiger partial charge in [-0.3, -0.25) is 10.1 Å². The van der Waals surface area contributed by atoms with Crippen LogP contribution in [0, 0.1) is 10.1 Å². The molecule has 0 aliphatic rings. The van der Waals surface area contributed by atoms with Crippen LogP contribution in [0.4, 0.5) is 0 Å². The second kappa shape index (κ2) is 9.73. The smallest absolute Gasteiger partial charge is 0.320 e. The average Bonchev–Trinajstić information content (AvgIpc) is 2.61. The second-order valence-electron chi connectivity index (χ2n) is 4.76. The Balaban J connectivity index is 2.40. The van der Waals surface area contributed by atoms with E-state index in [-0.39, 0.29) is 20.2 Å². The molecule has 0 unspecified atom stereocenters. The first-order valence-corrected chi connectivity index (χ1v) is 9.04. The second-order valence-corrected chi connectivity index (χ2v) is 7.17. The van der Waals surface area contributed by atoms with E-state index in [1.54, 1.807) is 0 Å². The molecule has 0 atom stereocenters. The van der Waals surface area contributed by atoms with E-state index in [0.29, 0.717) is 6.54 Å². The number of nitro groups is 1. The molecule has 0 bridgehead atoms. The van der Waals surface area contributed by atoms with Gasteiger partial charge in [-0.25, -0.2) is 0 Å². The molecule has 8 heteroatoms. The number of halogens is 3. The Morgan fingerprint density at radius 1 is 1.00 bits per heavy atom. The zero-order chi connectivity index (χ0) is 18.2. The molecule has 2 rings (SSSR count). The van der Waals surface area contributed by atoms with Crippen molar-refractivity contribution in [2.24, 2.45) is 0 Å². The number of benzene rings is 2. The largest absolute Gasteiger partial charge is 0.370 e. The average molecular weight is 416 g/mol. The summed E-state index contributed by atoms with van der Waals surface area (Å²) in [7, 11) is 0. The summed E-state index contributed by atoms with van der Waals surface area (Å²) in [5, 5.41) is 14.6. The van der Waals surface area contributed by atoms with Crippen molar-refractivity contribution in [3.63, 3.8) is 0 Å². The zero-order valence-corrected chi connectivity index (χ0v) is 15.9. The molecule has 25 heavy (non-hydrogen) atoms. The van der Waals surface area contributed by atoms with Gasteiger partial charge in [-0.2, -0.15) is 0 Å². The molecule has 0 aliphatic heterocycles. The minimum absolute atomic E-state index is 0.254. The van der Waals surface area contributed by atoms with Crippen molar-refractivity contribution in [3.05, 3.63) is 96.6 Å². The minimum Gasteiger partial charge on any atom is -0.370 e. The highest BCUT2D eigenvalue weighted by molar-refractivity contribution is 8.03. The maximum absolute atomic E-state index is 11.5. The highest BCUT2D eigenvalue weighted by Gasteiger charge is 2.26. The quantitative estimate of drug-likeness (QED) is 0.265. The van der Waals surface area contributed by atoms with Crippen LogP contribution < -0.4 is 5.32 Å². The van der Waals surface area contributed by atoms with Crippen molar-refractivity contribution >= 4 is 46.6 Å². The van der Waals surface area contributed by atoms with Crippen LogP contribution in [0.5, 0.6) is 0 Å². The van der Waals surface area contributed by atoms with E-state index < -0.39 is 4.92 Å². The van der Waals surface area contributed by atoms with Crippen molar-refractivity contribution in [2.75, 3.05) is 0 Å². The van der Waals surface area contributed by atoms with Gasteiger partial charge in [-0.1, -0.05) is 95.1 Å². The Labute approximate surface area is 164 Å². The summed E-state index contributed by atoms with van der Waals surface area (Å²) >= 11 is 18.5. The highest BCUT2D eigenvalue weighted by Crippen LogP contribution is 2.34. The number of nitrogens with zero attached hydrogens (tertiary/aromatic N) is 1. The molecule has 0 fully saturated rings. The zero-order valence-electron chi connectivity index (χ0n) is 12.8. The third kappa shape index (κ3) is 5.97. The van der Waals surface area contributed by atoms with Crippen molar-refractivity contribution in [1.82, 2.24) is 5.32 Å². The van der Waals surface area contributed by atoms with Gasteiger partial charge in [0.05, 0.1) is 4.92 Å². The monoisotopic (exact) mass is 414 g/mol. The van der Waals surface area contributed by atoms with Gasteiger partial charge in [0.1, 0.15) is 4.49 Å². The van der Waals surface area contributed by atoms with E-state index in [9.17, 15) is 10.1 Å². The maximum atomic E-state index is 11.5. The van der Waals surface area contributed by atoms with Gasteiger partial charge in [-0.15, -0.1) is 0 Å². The first-order chi connectivity index (χ1) is 12.0. The molecule has 0 radical (unpaired) electrons. The summed E-state index contributed by atoms with van der Waals surface area (Å²) in [6, 6.07) is 18.7. The Kier molecular flexibility index (Phi) is 7.65. The first kappa shape index (κ1) is 19.7. The third-order valence-corrected chi connectivity index (χ3v) is 5.02. The molecule has 0 amide bonds. The van der Waals surface area contributed by atoms with Gasteiger partial charge in [0.2, 0.25) is 0 Å². The van der Waals surface area contributed by atoms with Crippen LogP contribution in [0.1, 0.15) is 5.56 Å². The van der Waals surface area contributed by atoms with Crippen LogP contribution in [0.2, 0.25) is 0 Å². The predicted molar refractivity (Wildman–Crippen MR) is 104 cm³/mol. The van der Waals surface area contributed by atoms with E-state index in [4.69, 9.17) is 34.8 Å². The van der Waals surface area contributed by atoms with Gasteiger partial charge in [0, 0.05) is 11.4 Å². The lowest BCUT2D eigenvalue weighted by molar-refractivity contribution is -0.420. The number of allylic oxidation sites excluding steroid dienone is 1. The van der Waals surface area contributed by atoms with Gasteiger partial charge in [-0.05, 0) is 17.7 Å². The summed E-state index contributed by atoms with van der Waals surface area (Å²) in [4.78, 5) is 11.8. The van der Waals surface area contributed by atoms with Crippen LogP contribution in [-0.2, 0) is 6.54 Å². The van der Waals surface area contributed by atoms with Crippen molar-refractivity contribution in [1.29, 1.82) is 0 Å². The molecule has 0 aromatic heterocycles. The van der Waals surface area contributed by atoms with Crippen LogP contribution >= 0.6 is 46.6 Å². The highest BCUT2D eigenvalue weighted by atomic mass is 35.5. The number of thioether (sulfide) groups is 1. The molecular formula is C17H13Cl3N2O2S. The molecule has 0 aliphatic carbocycles. The van der Waals surface area contributed by atoms with Crippen molar-refractivity contribution in [3.8, 4) is 0 Å². The summed E-state index contributed by atoms with van der Waals surface area (Å²) in [6.07, 6.45) is 0. The Morgan fingerprint density at radius 2 is 1.56 bits per heavy atom. The normalized spacial score (nSPS) is 11.5. The lowest BCUT2D eigenvalue weighted by Crippen LogP contribution is -2.16. The SMILES string of the molecule is O=[N+]([O-])C(=C(NCc1ccccc1)Sc1ccccc1)C(Cl)=C(Cl)Cl. The molecule has 4 nitrogen and oxygen atoms in total. The molecule has 2 aromatic carbocycles. The lowest BCUT2D eigenvalue weighted by atomic mass is 10.2. The van der Waals surface area contributed by atoms with Crippen LogP contribution in [0.25, 0.3) is 0 Å². The lowest BCUT2D eigenvalue weighted by Gasteiger charge is -2.12. The van der Waals surface area contributed by atoms with E-state index in [2.05, 4.69) is 5.32 Å². The molecular weight excluding hydrogens is 403 g/mol. The Hall–Kier alpha value is -1.66. The Morgan fingerprint density at radius 3 is 2.08 bits per heavy atom. The summed E-state index contributed by atoms with van der Waals surface area (Å²) < 4.78 is -0.360. The standard InChI is InChI=1S/C17H13Cl3N2O2S/c18-14(16(19)20)15(22(23)24)17(25-13-9-5-2-6-10-13)21-11-12-7-3-1-4-8-12/h1-10,21H,11H2. The van der Waals surface area contributed by atoms with E-state index >= 15 is 0 Å². The van der Waals surface area contributed by atoms with Gasteiger partial charge < -0.3 is 5.32 Å². The third-order valence-electron chi connectivity index (χ3n) is 3.03. The minimum atomic E-state index is -0.601. The maximum Gasteiger partial charge on any atom is 0.320 e. The van der Waals surface area contributed by atoms with Crippen LogP contribution in [0.15, 0.2) is 85.8 Å². The first-order valence-electron chi connectivity index (χ1n) is 7.09. The topological polar surface area (TPSA) is 55.2 Å². The van der Waals surface area contributed by atoms with Crippen molar-refractivity contribution in [2.45, 2.75) is 11.4 Å². The van der Waals surface area contributed by atoms with Gasteiger partial charge >= 0.3 is 5.70 Å². The molecule has 1 N–H and O–H groups in total. The van der Waals surface area contributed by atoms with Crippen LogP contribution in [-0.4, -0.2) is 4.92 Å². The van der Waals surface area contributed by atoms with Crippen LogP contribution in [0.3, 0.4) is 0 Å². The molecule has 0 saturated carbocycles. The molecule has 0 saturated heterocycles. The van der Waals surface area contributed by atoms with E-state index in [0.717, 1.165) is 10.5 Å². The fraction of sp³-hybridized carbons (Fsp3) is 0.0588. The number of hydrogen-bond donors (Lipinski definition) is 1. The molecule has 2 aromatic rings. The summed E-state index contributed by atoms with van der Waals surface area (Å²) in [5.74, 6) is 0. The van der Waals surface area contributed by atoms with Crippen molar-refractivity contribution < 1.29 is 4.92 Å². The van der Waals surface area contributed by atoms with E-state index in [1.165, 1.54) is 11.8 Å². The van der Waals surface area contributed by atoms with Gasteiger partial charge in [0.25, 0.3) is 0 Å². The molecule has 130 valence electrons. The van der Waals surface area contributed by atoms with E-state index in [1.807, 2.05) is 60.7 Å². The fourth-order valence-corrected chi connectivity index (χ4v) is 3.25. The fourth-order valence-electron chi connectivity index (χ4n) is 1.90. The number of rotatable bonds is 7. The number of nitrogens with one attached hydrogen (secondary N) is 1. The van der Waals surface area contributed by atoms with Gasteiger partial charge in [0.15, 0.2) is 10.1 Å². The summed E-state index contributed by atoms with van der Waals surface area (Å²) in [6.45, 7) is 0.386. The molecule has 0 heterocycles.